The number of benzene rings is 3. The predicted molar refractivity (Wildman–Crippen MR) is 209 cm³/mol. The van der Waals surface area contributed by atoms with Gasteiger partial charge in [-0.25, -0.2) is 44.9 Å². The van der Waals surface area contributed by atoms with Gasteiger partial charge in [-0.05, 0) is 70.8 Å². The van der Waals surface area contributed by atoms with Gasteiger partial charge in [0, 0.05) is 24.2 Å². The summed E-state index contributed by atoms with van der Waals surface area (Å²) in [7, 11) is -13.7. The summed E-state index contributed by atoms with van der Waals surface area (Å²) in [6.45, 7) is 3.17. The van der Waals surface area contributed by atoms with Gasteiger partial charge in [-0.1, -0.05) is 74.5 Å². The topological polar surface area (TPSA) is 202 Å². The number of halogens is 3. The molecule has 3 heterocycles. The van der Waals surface area contributed by atoms with Gasteiger partial charge in [-0.2, -0.15) is 13.2 Å². The predicted octanol–water partition coefficient (Wildman–Crippen LogP) is 6.06. The number of nitrogens with one attached hydrogen (secondary N) is 3. The van der Waals surface area contributed by atoms with E-state index in [4.69, 9.17) is 0 Å². The van der Waals surface area contributed by atoms with Crippen molar-refractivity contribution in [3.63, 3.8) is 0 Å². The monoisotopic (exact) mass is 856 g/mol. The largest absolute Gasteiger partial charge is 0.501 e. The molecule has 14 nitrogen and oxygen atoms in total. The molecule has 1 aliphatic rings. The van der Waals surface area contributed by atoms with Gasteiger partial charge in [-0.3, -0.25) is 14.2 Å². The number of amides is 3. The molecular formula is C38H35F3N6O8S3. The minimum atomic E-state index is -5.75. The summed E-state index contributed by atoms with van der Waals surface area (Å²) in [5, 5.41) is 2.75. The molecule has 5 aromatic rings. The number of aromatic nitrogens is 2. The molecule has 2 aromatic heterocycles. The summed E-state index contributed by atoms with van der Waals surface area (Å²) < 4.78 is 121. The molecule has 2 unspecified atom stereocenters. The van der Waals surface area contributed by atoms with Gasteiger partial charge in [-0.15, -0.1) is 0 Å². The number of nitrogens with zero attached hydrogens (tertiary/aromatic N) is 3. The fourth-order valence-corrected chi connectivity index (χ4v) is 9.75. The van der Waals surface area contributed by atoms with Crippen molar-refractivity contribution in [3.8, 4) is 0 Å². The molecule has 3 N–H and O–H groups in total. The van der Waals surface area contributed by atoms with Crippen LogP contribution in [-0.2, 0) is 46.2 Å². The Morgan fingerprint density at radius 2 is 1.10 bits per heavy atom. The van der Waals surface area contributed by atoms with Crippen molar-refractivity contribution in [1.29, 1.82) is 0 Å². The summed E-state index contributed by atoms with van der Waals surface area (Å²) in [6.07, 6.45) is 2.60. The van der Waals surface area contributed by atoms with E-state index in [1.165, 1.54) is 36.7 Å². The number of sulfone groups is 1. The van der Waals surface area contributed by atoms with Gasteiger partial charge < -0.3 is 5.32 Å². The zero-order chi connectivity index (χ0) is 42.1. The van der Waals surface area contributed by atoms with Crippen LogP contribution in [0.4, 0.5) is 35.3 Å². The van der Waals surface area contributed by atoms with Crippen molar-refractivity contribution in [3.05, 3.63) is 144 Å². The van der Waals surface area contributed by atoms with E-state index < -0.39 is 69.6 Å². The van der Waals surface area contributed by atoms with Crippen LogP contribution in [0.3, 0.4) is 0 Å². The highest BCUT2D eigenvalue weighted by Crippen LogP contribution is 2.45. The molecule has 304 valence electrons. The Morgan fingerprint density at radius 3 is 1.52 bits per heavy atom. The number of imide groups is 1. The zero-order valence-corrected chi connectivity index (χ0v) is 33.0. The third-order valence-corrected chi connectivity index (χ3v) is 13.6. The third-order valence-electron chi connectivity index (χ3n) is 9.64. The van der Waals surface area contributed by atoms with Gasteiger partial charge in [0.05, 0.1) is 22.1 Å². The molecule has 0 saturated carbocycles. The van der Waals surface area contributed by atoms with Crippen LogP contribution in [0.5, 0.6) is 0 Å². The average molecular weight is 857 g/mol. The summed E-state index contributed by atoms with van der Waals surface area (Å²) in [4.78, 5) is 36.5. The number of anilines is 3. The molecule has 0 bridgehead atoms. The molecule has 58 heavy (non-hydrogen) atoms. The molecule has 20 heteroatoms. The van der Waals surface area contributed by atoms with Crippen LogP contribution in [0.25, 0.3) is 0 Å². The van der Waals surface area contributed by atoms with Crippen molar-refractivity contribution in [2.45, 2.75) is 53.1 Å². The first-order valence-electron chi connectivity index (χ1n) is 17.3. The number of urea groups is 1. The molecular weight excluding hydrogens is 822 g/mol. The quantitative estimate of drug-likeness (QED) is 0.110. The van der Waals surface area contributed by atoms with Gasteiger partial charge in [0.25, 0.3) is 15.7 Å². The molecule has 3 aromatic carbocycles. The second-order valence-corrected chi connectivity index (χ2v) is 18.9. The first kappa shape index (κ1) is 41.8. The van der Waals surface area contributed by atoms with Crippen molar-refractivity contribution in [2.24, 2.45) is 0 Å². The van der Waals surface area contributed by atoms with E-state index in [0.29, 0.717) is 39.3 Å². The first-order valence-corrected chi connectivity index (χ1v) is 22.1. The van der Waals surface area contributed by atoms with E-state index in [-0.39, 0.29) is 28.8 Å². The smallest absolute Gasteiger partial charge is 0.322 e. The van der Waals surface area contributed by atoms with E-state index in [0.717, 1.165) is 12.1 Å². The highest BCUT2D eigenvalue weighted by molar-refractivity contribution is 7.92. The number of hydrogen-bond donors (Lipinski definition) is 3. The number of pyridine rings is 2. The Bertz CT molecular complexity index is 2550. The molecule has 1 saturated heterocycles. The van der Waals surface area contributed by atoms with E-state index >= 15 is 0 Å². The summed E-state index contributed by atoms with van der Waals surface area (Å²) in [6, 6.07) is 24.6. The molecule has 6 rings (SSSR count). The lowest BCUT2D eigenvalue weighted by Crippen LogP contribution is -2.55. The first-order chi connectivity index (χ1) is 27.2. The molecule has 1 aliphatic heterocycles. The number of carbonyl (C=O) groups is 2. The maximum atomic E-state index is 14.8. The lowest BCUT2D eigenvalue weighted by molar-refractivity contribution is -0.123. The number of sulfonamides is 2. The maximum absolute atomic E-state index is 14.8. The van der Waals surface area contributed by atoms with Crippen LogP contribution in [-0.4, -0.2) is 58.2 Å². The number of hydrogen-bond acceptors (Lipinski definition) is 10. The van der Waals surface area contributed by atoms with E-state index in [2.05, 4.69) is 24.7 Å². The van der Waals surface area contributed by atoms with Gasteiger partial charge in [0.15, 0.2) is 0 Å². The minimum Gasteiger partial charge on any atom is -0.322 e. The normalized spacial score (nSPS) is 17.4. The molecule has 1 fully saturated rings. The summed E-state index contributed by atoms with van der Waals surface area (Å²) in [5.41, 5.74) is -6.15. The van der Waals surface area contributed by atoms with Gasteiger partial charge in [0.2, 0.25) is 20.0 Å². The van der Waals surface area contributed by atoms with Crippen LogP contribution in [0.1, 0.15) is 47.9 Å². The number of alkyl halides is 3. The van der Waals surface area contributed by atoms with E-state index in [1.807, 2.05) is 0 Å². The molecule has 0 aliphatic carbocycles. The number of rotatable bonds is 14. The van der Waals surface area contributed by atoms with Crippen molar-refractivity contribution in [1.82, 2.24) is 15.3 Å². The molecule has 3 amide bonds. The molecule has 0 radical (unpaired) electrons. The van der Waals surface area contributed by atoms with Crippen molar-refractivity contribution in [2.75, 3.05) is 14.3 Å². The third kappa shape index (κ3) is 8.67. The van der Waals surface area contributed by atoms with Crippen LogP contribution in [0, 0.1) is 0 Å². The van der Waals surface area contributed by atoms with Gasteiger partial charge >= 0.3 is 11.5 Å². The molecule has 2 atom stereocenters. The minimum absolute atomic E-state index is 0.0998. The summed E-state index contributed by atoms with van der Waals surface area (Å²) in [5.74, 6) is -3.88. The summed E-state index contributed by atoms with van der Waals surface area (Å²) >= 11 is 0. The highest BCUT2D eigenvalue weighted by atomic mass is 32.2. The Kier molecular flexibility index (Phi) is 11.4. The van der Waals surface area contributed by atoms with E-state index in [9.17, 15) is 48.0 Å². The van der Waals surface area contributed by atoms with E-state index in [1.54, 1.807) is 74.5 Å². The fraction of sp³-hybridized carbons (Fsp3) is 0.211. The van der Waals surface area contributed by atoms with Crippen LogP contribution in [0.2, 0.25) is 0 Å². The van der Waals surface area contributed by atoms with Crippen LogP contribution < -0.4 is 19.7 Å². The number of carbonyl (C=O) groups excluding carboxylic acids is 2. The lowest BCUT2D eigenvalue weighted by Gasteiger charge is -2.39. The van der Waals surface area contributed by atoms with Gasteiger partial charge in [0.1, 0.15) is 17.2 Å². The molecule has 0 spiro atoms. The standard InChI is InChI=1S/C38H35F3N6O8S3/c1-25(29-17-19-42-33(21-29)45-56(50,51)23-27-9-5-3-6-10-27)37(26(2)30-18-20-43-34(22-30)46-57(52,53)24-28-11-7-4-8-12-28)35(48)47(36(49)44-37)31-13-15-32(16-14-31)58(54,55)38(39,40)41/h3-22,25-26H,23-24H2,1-2H3,(H,42,45)(H,43,46)(H,44,49). The average Bonchev–Trinajstić information content (AvgIpc) is 3.43. The van der Waals surface area contributed by atoms with Crippen molar-refractivity contribution < 1.29 is 48.0 Å². The zero-order valence-electron chi connectivity index (χ0n) is 30.6. The second kappa shape index (κ2) is 15.8. The Labute approximate surface area is 332 Å². The maximum Gasteiger partial charge on any atom is 0.501 e. The fourth-order valence-electron chi connectivity index (χ4n) is 6.72. The Hall–Kier alpha value is -5.86. The van der Waals surface area contributed by atoms with Crippen LogP contribution in [0.15, 0.2) is 126 Å². The van der Waals surface area contributed by atoms with Crippen LogP contribution >= 0.6 is 0 Å². The lowest BCUT2D eigenvalue weighted by atomic mass is 9.70. The van der Waals surface area contributed by atoms with Crippen molar-refractivity contribution >= 4 is 59.1 Å². The highest BCUT2D eigenvalue weighted by Gasteiger charge is 2.59. The second-order valence-electron chi connectivity index (χ2n) is 13.5. The Balaban J connectivity index is 1.38. The Morgan fingerprint density at radius 1 is 0.672 bits per heavy atom. The SMILES string of the molecule is CC(c1ccnc(NS(=O)(=O)Cc2ccccc2)c1)C1(C(C)c2ccnc(NS(=O)(=O)Cc3ccccc3)c2)NC(=O)N(c2ccc(S(=O)(=O)C(F)(F)F)cc2)C1=O.